The lowest BCUT2D eigenvalue weighted by atomic mass is 10.1. The predicted molar refractivity (Wildman–Crippen MR) is 109 cm³/mol. The van der Waals surface area contributed by atoms with Crippen molar-refractivity contribution < 1.29 is 9.53 Å². The number of carbonyl (C=O) groups excluding carboxylic acids is 1. The van der Waals surface area contributed by atoms with Gasteiger partial charge in [0.1, 0.15) is 0 Å². The molecule has 1 N–H and O–H groups in total. The van der Waals surface area contributed by atoms with E-state index in [4.69, 9.17) is 4.74 Å². The lowest BCUT2D eigenvalue weighted by Crippen LogP contribution is -2.24. The molecule has 1 aliphatic heterocycles. The minimum Gasteiger partial charge on any atom is -0.379 e. The third-order valence-corrected chi connectivity index (χ3v) is 5.67. The van der Waals surface area contributed by atoms with Crippen molar-refractivity contribution in [3.8, 4) is 11.1 Å². The van der Waals surface area contributed by atoms with E-state index in [2.05, 4.69) is 34.5 Å². The van der Waals surface area contributed by atoms with E-state index >= 15 is 0 Å². The minimum absolute atomic E-state index is 0.0159. The normalized spacial score (nSPS) is 14.2. The van der Waals surface area contributed by atoms with Gasteiger partial charge in [-0.15, -0.1) is 11.3 Å². The van der Waals surface area contributed by atoms with Crippen LogP contribution in [0.5, 0.6) is 0 Å². The van der Waals surface area contributed by atoms with Crippen molar-refractivity contribution >= 4 is 22.2 Å². The Balaban J connectivity index is 1.70. The number of hydrogen-bond acceptors (Lipinski definition) is 4. The number of nitrogens with one attached hydrogen (secondary N) is 1. The molecule has 140 valence electrons. The van der Waals surface area contributed by atoms with E-state index in [-0.39, 0.29) is 12.0 Å². The molecule has 26 heavy (non-hydrogen) atoms. The van der Waals surface area contributed by atoms with Crippen molar-refractivity contribution in [3.05, 3.63) is 41.3 Å². The minimum atomic E-state index is 0.0159. The highest BCUT2D eigenvalue weighted by molar-refractivity contribution is 7.18. The van der Waals surface area contributed by atoms with Gasteiger partial charge in [-0.25, -0.2) is 0 Å². The van der Waals surface area contributed by atoms with E-state index in [9.17, 15) is 4.79 Å². The van der Waals surface area contributed by atoms with Gasteiger partial charge in [-0.2, -0.15) is 0 Å². The van der Waals surface area contributed by atoms with Crippen LogP contribution in [-0.4, -0.2) is 38.3 Å². The van der Waals surface area contributed by atoms with Crippen LogP contribution in [0.1, 0.15) is 42.8 Å². The molecule has 5 heteroatoms. The second-order valence-corrected chi connectivity index (χ2v) is 7.95. The summed E-state index contributed by atoms with van der Waals surface area (Å²) in [5.74, 6) is 0.0159. The molecule has 0 spiro atoms. The van der Waals surface area contributed by atoms with E-state index in [1.165, 1.54) is 29.0 Å². The van der Waals surface area contributed by atoms with Gasteiger partial charge in [0, 0.05) is 31.8 Å². The molecule has 1 saturated heterocycles. The quantitative estimate of drug-likeness (QED) is 0.691. The molecule has 0 aliphatic carbocycles. The van der Waals surface area contributed by atoms with Gasteiger partial charge in [0.2, 0.25) is 0 Å². The van der Waals surface area contributed by atoms with Gasteiger partial charge in [-0.3, -0.25) is 4.79 Å². The van der Waals surface area contributed by atoms with Gasteiger partial charge in [-0.1, -0.05) is 30.3 Å². The third-order valence-electron chi connectivity index (χ3n) is 4.47. The molecule has 0 bridgehead atoms. The fraction of sp³-hybridized carbons (Fsp3) is 0.476. The highest BCUT2D eigenvalue weighted by Crippen LogP contribution is 2.40. The van der Waals surface area contributed by atoms with Crippen molar-refractivity contribution in [3.63, 3.8) is 0 Å². The van der Waals surface area contributed by atoms with Gasteiger partial charge in [-0.05, 0) is 44.7 Å². The van der Waals surface area contributed by atoms with Crippen LogP contribution in [0.4, 0.5) is 5.00 Å². The maximum absolute atomic E-state index is 12.6. The Hall–Kier alpha value is -1.85. The van der Waals surface area contributed by atoms with Gasteiger partial charge >= 0.3 is 0 Å². The molecule has 1 amide bonds. The first-order chi connectivity index (χ1) is 12.6. The number of anilines is 1. The number of nitrogens with zero attached hydrogens (tertiary/aromatic N) is 1. The van der Waals surface area contributed by atoms with Crippen LogP contribution in [0.3, 0.4) is 0 Å². The van der Waals surface area contributed by atoms with Crippen LogP contribution in [-0.2, 0) is 4.74 Å². The molecule has 0 atom stereocenters. The van der Waals surface area contributed by atoms with Crippen LogP contribution in [0, 0.1) is 0 Å². The second kappa shape index (κ2) is 9.19. The summed E-state index contributed by atoms with van der Waals surface area (Å²) in [6.07, 6.45) is 3.52. The largest absolute Gasteiger partial charge is 0.379 e. The van der Waals surface area contributed by atoms with E-state index in [0.29, 0.717) is 13.2 Å². The number of hydrogen-bond donors (Lipinski definition) is 1. The van der Waals surface area contributed by atoms with Gasteiger partial charge in [0.15, 0.2) is 0 Å². The van der Waals surface area contributed by atoms with Crippen LogP contribution < -0.4 is 10.2 Å². The van der Waals surface area contributed by atoms with Crippen LogP contribution in [0.15, 0.2) is 36.4 Å². The highest BCUT2D eigenvalue weighted by atomic mass is 32.1. The maximum Gasteiger partial charge on any atom is 0.261 e. The molecule has 2 heterocycles. The van der Waals surface area contributed by atoms with Crippen molar-refractivity contribution in [2.75, 3.05) is 31.1 Å². The summed E-state index contributed by atoms with van der Waals surface area (Å²) in [4.78, 5) is 15.8. The second-order valence-electron chi connectivity index (χ2n) is 6.92. The first-order valence-electron chi connectivity index (χ1n) is 9.49. The van der Waals surface area contributed by atoms with Crippen LogP contribution in [0.2, 0.25) is 0 Å². The monoisotopic (exact) mass is 372 g/mol. The number of thiophene rings is 1. The highest BCUT2D eigenvalue weighted by Gasteiger charge is 2.22. The summed E-state index contributed by atoms with van der Waals surface area (Å²) in [6.45, 7) is 7.52. The molecule has 0 saturated carbocycles. The zero-order valence-electron chi connectivity index (χ0n) is 15.7. The third kappa shape index (κ3) is 4.86. The molecule has 0 radical (unpaired) electrons. The first-order valence-corrected chi connectivity index (χ1v) is 10.3. The Kier molecular flexibility index (Phi) is 6.69. The first kappa shape index (κ1) is 18.9. The van der Waals surface area contributed by atoms with E-state index in [1.807, 2.05) is 26.0 Å². The smallest absolute Gasteiger partial charge is 0.261 e. The topological polar surface area (TPSA) is 41.6 Å². The molecule has 1 aliphatic rings. The number of ether oxygens (including phenoxy) is 1. The Bertz CT molecular complexity index is 706. The number of carbonyl (C=O) groups is 1. The lowest BCUT2D eigenvalue weighted by Gasteiger charge is -2.17. The summed E-state index contributed by atoms with van der Waals surface area (Å²) in [7, 11) is 0. The molecular weight excluding hydrogens is 344 g/mol. The average molecular weight is 373 g/mol. The van der Waals surface area contributed by atoms with Crippen molar-refractivity contribution in [2.45, 2.75) is 39.2 Å². The summed E-state index contributed by atoms with van der Waals surface area (Å²) in [5, 5.41) is 4.25. The summed E-state index contributed by atoms with van der Waals surface area (Å²) < 4.78 is 5.52. The zero-order chi connectivity index (χ0) is 18.4. The van der Waals surface area contributed by atoms with Crippen molar-refractivity contribution in [1.82, 2.24) is 5.32 Å². The molecule has 0 unspecified atom stereocenters. The average Bonchev–Trinajstić information content (AvgIpc) is 3.31. The van der Waals surface area contributed by atoms with E-state index < -0.39 is 0 Å². The summed E-state index contributed by atoms with van der Waals surface area (Å²) >= 11 is 1.61. The van der Waals surface area contributed by atoms with Crippen LogP contribution >= 0.6 is 11.3 Å². The molecule has 1 aromatic heterocycles. The van der Waals surface area contributed by atoms with Crippen molar-refractivity contribution in [2.24, 2.45) is 0 Å². The molecule has 1 fully saturated rings. The molecule has 4 nitrogen and oxygen atoms in total. The molecule has 1 aromatic carbocycles. The lowest BCUT2D eigenvalue weighted by molar-refractivity contribution is 0.0757. The summed E-state index contributed by atoms with van der Waals surface area (Å²) in [5.41, 5.74) is 2.35. The van der Waals surface area contributed by atoms with E-state index in [1.54, 1.807) is 11.3 Å². The van der Waals surface area contributed by atoms with Crippen LogP contribution in [0.25, 0.3) is 11.1 Å². The number of amides is 1. The standard InChI is InChI=1S/C21H28N2O2S/c1-16(2)25-14-8-11-22-20(24)19-15-18(17-9-4-3-5-10-17)21(26-19)23-12-6-7-13-23/h3-5,9-10,15-16H,6-8,11-14H2,1-2H3,(H,22,24). The SMILES string of the molecule is CC(C)OCCCNC(=O)c1cc(-c2ccccc2)c(N2CCCC2)s1. The van der Waals surface area contributed by atoms with Crippen molar-refractivity contribution in [1.29, 1.82) is 0 Å². The number of rotatable bonds is 8. The summed E-state index contributed by atoms with van der Waals surface area (Å²) in [6, 6.07) is 12.4. The Morgan fingerprint density at radius 1 is 1.23 bits per heavy atom. The molecular formula is C21H28N2O2S. The number of benzene rings is 1. The maximum atomic E-state index is 12.6. The molecule has 2 aromatic rings. The predicted octanol–water partition coefficient (Wildman–Crippen LogP) is 4.56. The fourth-order valence-electron chi connectivity index (χ4n) is 3.15. The molecule has 3 rings (SSSR count). The van der Waals surface area contributed by atoms with Gasteiger partial charge < -0.3 is 15.0 Å². The van der Waals surface area contributed by atoms with Gasteiger partial charge in [0.05, 0.1) is 16.0 Å². The Morgan fingerprint density at radius 3 is 2.65 bits per heavy atom. The Morgan fingerprint density at radius 2 is 1.96 bits per heavy atom. The fourth-order valence-corrected chi connectivity index (χ4v) is 4.30. The van der Waals surface area contributed by atoms with Gasteiger partial charge in [0.25, 0.3) is 5.91 Å². The van der Waals surface area contributed by atoms with E-state index in [0.717, 1.165) is 24.4 Å². The zero-order valence-corrected chi connectivity index (χ0v) is 16.5. The Labute approximate surface area is 160 Å².